The molecule has 1 atom stereocenters. The molecular weight excluding hydrogens is 247 g/mol. The topological polar surface area (TPSA) is 43.8 Å². The quantitative estimate of drug-likeness (QED) is 0.894. The van der Waals surface area contributed by atoms with Gasteiger partial charge in [-0.3, -0.25) is 4.90 Å². The summed E-state index contributed by atoms with van der Waals surface area (Å²) < 4.78 is 13.3. The van der Waals surface area contributed by atoms with E-state index < -0.39 is 11.9 Å². The highest BCUT2D eigenvalue weighted by Crippen LogP contribution is 2.34. The Bertz CT molecular complexity index is 475. The third-order valence-electron chi connectivity index (χ3n) is 3.53. The molecule has 1 aliphatic rings. The Kier molecular flexibility index (Phi) is 4.04. The Morgan fingerprint density at radius 2 is 2.16 bits per heavy atom. The summed E-state index contributed by atoms with van der Waals surface area (Å²) in [6.07, 6.45) is -0.268. The maximum absolute atomic E-state index is 13.3. The van der Waals surface area contributed by atoms with Crippen LogP contribution in [0.2, 0.25) is 0 Å². The molecule has 5 heteroatoms. The van der Waals surface area contributed by atoms with Gasteiger partial charge in [0.25, 0.3) is 0 Å². The molecular formula is C14H19FN2O2. The van der Waals surface area contributed by atoms with Crippen LogP contribution in [0, 0.1) is 5.82 Å². The first kappa shape index (κ1) is 13.8. The van der Waals surface area contributed by atoms with Gasteiger partial charge in [-0.05, 0) is 38.5 Å². The third-order valence-corrected chi connectivity index (χ3v) is 3.53. The van der Waals surface area contributed by atoms with Gasteiger partial charge in [0.1, 0.15) is 5.82 Å². The first-order valence-corrected chi connectivity index (χ1v) is 6.62. The second-order valence-electron chi connectivity index (χ2n) is 4.61. The largest absolute Gasteiger partial charge is 0.388 e. The van der Waals surface area contributed by atoms with Crippen molar-refractivity contribution in [3.05, 3.63) is 29.6 Å². The van der Waals surface area contributed by atoms with Crippen molar-refractivity contribution >= 4 is 11.7 Å². The second kappa shape index (κ2) is 5.57. The summed E-state index contributed by atoms with van der Waals surface area (Å²) in [4.78, 5) is 15.7. The Morgan fingerprint density at radius 1 is 1.47 bits per heavy atom. The van der Waals surface area contributed by atoms with Crippen molar-refractivity contribution in [2.75, 3.05) is 24.5 Å². The number of aliphatic hydroxyl groups is 1. The number of amides is 2. The molecule has 0 saturated heterocycles. The summed E-state index contributed by atoms with van der Waals surface area (Å²) in [6, 6.07) is 4.10. The molecule has 1 heterocycles. The van der Waals surface area contributed by atoms with E-state index in [1.807, 2.05) is 13.8 Å². The normalized spacial score (nSPS) is 18.1. The van der Waals surface area contributed by atoms with Crippen LogP contribution in [0.1, 0.15) is 31.9 Å². The zero-order chi connectivity index (χ0) is 14.0. The molecule has 0 bridgehead atoms. The number of halogens is 1. The molecule has 0 saturated carbocycles. The van der Waals surface area contributed by atoms with Gasteiger partial charge in [0, 0.05) is 25.2 Å². The number of carbonyl (C=O) groups is 1. The summed E-state index contributed by atoms with van der Waals surface area (Å²) in [5, 5.41) is 9.92. The average molecular weight is 266 g/mol. The highest BCUT2D eigenvalue weighted by atomic mass is 19.1. The van der Waals surface area contributed by atoms with Crippen molar-refractivity contribution in [3.63, 3.8) is 0 Å². The summed E-state index contributed by atoms with van der Waals surface area (Å²) >= 11 is 0. The standard InChI is InChI=1S/C14H19FN2O2/c1-3-16(4-2)14(19)17-8-7-13(18)11-9-10(15)5-6-12(11)17/h5-6,9,13,18H,3-4,7-8H2,1-2H3. The van der Waals surface area contributed by atoms with E-state index in [2.05, 4.69) is 0 Å². The lowest BCUT2D eigenvalue weighted by atomic mass is 9.99. The molecule has 2 rings (SSSR count). The van der Waals surface area contributed by atoms with Gasteiger partial charge in [0.2, 0.25) is 0 Å². The zero-order valence-corrected chi connectivity index (χ0v) is 11.3. The van der Waals surface area contributed by atoms with Crippen molar-refractivity contribution in [1.82, 2.24) is 4.90 Å². The van der Waals surface area contributed by atoms with E-state index in [9.17, 15) is 14.3 Å². The van der Waals surface area contributed by atoms with Gasteiger partial charge < -0.3 is 10.0 Å². The first-order chi connectivity index (χ1) is 9.08. The molecule has 2 amide bonds. The predicted octanol–water partition coefficient (Wildman–Crippen LogP) is 2.53. The van der Waals surface area contributed by atoms with Crippen LogP contribution in [-0.4, -0.2) is 35.7 Å². The lowest BCUT2D eigenvalue weighted by Crippen LogP contribution is -2.46. The molecule has 1 aliphatic heterocycles. The smallest absolute Gasteiger partial charge is 0.324 e. The van der Waals surface area contributed by atoms with Gasteiger partial charge in [-0.1, -0.05) is 0 Å². The highest BCUT2D eigenvalue weighted by molar-refractivity contribution is 5.93. The fourth-order valence-corrected chi connectivity index (χ4v) is 2.43. The first-order valence-electron chi connectivity index (χ1n) is 6.62. The van der Waals surface area contributed by atoms with E-state index in [4.69, 9.17) is 0 Å². The minimum atomic E-state index is -0.702. The molecule has 19 heavy (non-hydrogen) atoms. The van der Waals surface area contributed by atoms with Crippen LogP contribution in [0.3, 0.4) is 0 Å². The molecule has 1 unspecified atom stereocenters. The lowest BCUT2D eigenvalue weighted by molar-refractivity contribution is 0.161. The molecule has 0 radical (unpaired) electrons. The summed E-state index contributed by atoms with van der Waals surface area (Å²) in [5.41, 5.74) is 1.10. The fourth-order valence-electron chi connectivity index (χ4n) is 2.43. The molecule has 0 aliphatic carbocycles. The van der Waals surface area contributed by atoms with Crippen molar-refractivity contribution in [3.8, 4) is 0 Å². The number of nitrogens with zero attached hydrogens (tertiary/aromatic N) is 2. The van der Waals surface area contributed by atoms with Crippen LogP contribution in [0.25, 0.3) is 0 Å². The number of benzene rings is 1. The number of carbonyl (C=O) groups excluding carboxylic acids is 1. The molecule has 0 spiro atoms. The average Bonchev–Trinajstić information content (AvgIpc) is 2.41. The molecule has 1 aromatic carbocycles. The number of fused-ring (bicyclic) bond motifs is 1. The summed E-state index contributed by atoms with van der Waals surface area (Å²) in [7, 11) is 0. The molecule has 1 aromatic rings. The number of hydrogen-bond donors (Lipinski definition) is 1. The second-order valence-corrected chi connectivity index (χ2v) is 4.61. The van der Waals surface area contributed by atoms with Crippen molar-refractivity contribution in [1.29, 1.82) is 0 Å². The summed E-state index contributed by atoms with van der Waals surface area (Å²) in [6.45, 7) is 5.56. The number of rotatable bonds is 2. The van der Waals surface area contributed by atoms with Crippen molar-refractivity contribution < 1.29 is 14.3 Å². The zero-order valence-electron chi connectivity index (χ0n) is 11.3. The minimum Gasteiger partial charge on any atom is -0.388 e. The lowest BCUT2D eigenvalue weighted by Gasteiger charge is -2.35. The van der Waals surface area contributed by atoms with Crippen LogP contribution in [0.5, 0.6) is 0 Å². The van der Waals surface area contributed by atoms with E-state index in [-0.39, 0.29) is 6.03 Å². The molecule has 104 valence electrons. The van der Waals surface area contributed by atoms with Crippen LogP contribution < -0.4 is 4.90 Å². The van der Waals surface area contributed by atoms with Crippen LogP contribution in [-0.2, 0) is 0 Å². The number of hydrogen-bond acceptors (Lipinski definition) is 2. The van der Waals surface area contributed by atoms with Crippen LogP contribution in [0.15, 0.2) is 18.2 Å². The van der Waals surface area contributed by atoms with E-state index in [1.165, 1.54) is 12.1 Å². The van der Waals surface area contributed by atoms with Gasteiger partial charge >= 0.3 is 6.03 Å². The van der Waals surface area contributed by atoms with E-state index in [0.29, 0.717) is 37.3 Å². The monoisotopic (exact) mass is 266 g/mol. The van der Waals surface area contributed by atoms with Crippen molar-refractivity contribution in [2.45, 2.75) is 26.4 Å². The number of anilines is 1. The van der Waals surface area contributed by atoms with Crippen molar-refractivity contribution in [2.24, 2.45) is 0 Å². The maximum atomic E-state index is 13.3. The number of aliphatic hydroxyl groups excluding tert-OH is 1. The van der Waals surface area contributed by atoms with E-state index >= 15 is 0 Å². The Labute approximate surface area is 112 Å². The minimum absolute atomic E-state index is 0.0928. The van der Waals surface area contributed by atoms with Gasteiger partial charge in [0.15, 0.2) is 0 Å². The Balaban J connectivity index is 2.35. The molecule has 1 N–H and O–H groups in total. The van der Waals surface area contributed by atoms with Gasteiger partial charge in [-0.15, -0.1) is 0 Å². The van der Waals surface area contributed by atoms with Gasteiger partial charge in [0.05, 0.1) is 11.8 Å². The number of urea groups is 1. The molecule has 0 aromatic heterocycles. The Morgan fingerprint density at radius 3 is 2.79 bits per heavy atom. The van der Waals surface area contributed by atoms with Crippen LogP contribution >= 0.6 is 0 Å². The third kappa shape index (κ3) is 2.56. The predicted molar refractivity (Wildman–Crippen MR) is 71.6 cm³/mol. The molecule has 0 fully saturated rings. The van der Waals surface area contributed by atoms with Crippen LogP contribution in [0.4, 0.5) is 14.9 Å². The fraction of sp³-hybridized carbons (Fsp3) is 0.500. The SMILES string of the molecule is CCN(CC)C(=O)N1CCC(O)c2cc(F)ccc21. The summed E-state index contributed by atoms with van der Waals surface area (Å²) in [5.74, 6) is -0.394. The highest BCUT2D eigenvalue weighted by Gasteiger charge is 2.29. The maximum Gasteiger partial charge on any atom is 0.324 e. The molecule has 4 nitrogen and oxygen atoms in total. The van der Waals surface area contributed by atoms with E-state index in [0.717, 1.165) is 0 Å². The van der Waals surface area contributed by atoms with E-state index in [1.54, 1.807) is 15.9 Å². The Hall–Kier alpha value is -1.62. The van der Waals surface area contributed by atoms with Gasteiger partial charge in [-0.2, -0.15) is 0 Å². The van der Waals surface area contributed by atoms with Gasteiger partial charge in [-0.25, -0.2) is 9.18 Å².